The Morgan fingerprint density at radius 3 is 2.20 bits per heavy atom. The van der Waals surface area contributed by atoms with Gasteiger partial charge in [0.2, 0.25) is 0 Å². The number of halogens is 1. The van der Waals surface area contributed by atoms with Crippen molar-refractivity contribution < 1.29 is 5.11 Å². The van der Waals surface area contributed by atoms with Crippen LogP contribution in [0, 0.1) is 13.8 Å². The lowest BCUT2D eigenvalue weighted by Gasteiger charge is -2.24. The molecular weight excluding hydrogens is 390 g/mol. The molecule has 0 aliphatic rings. The van der Waals surface area contributed by atoms with Crippen LogP contribution in [-0.4, -0.2) is 5.11 Å². The minimum absolute atomic E-state index is 0.0501. The second-order valence-corrected chi connectivity index (χ2v) is 8.34. The fourth-order valence-corrected chi connectivity index (χ4v) is 3.91. The summed E-state index contributed by atoms with van der Waals surface area (Å²) in [6.45, 7) is 4.22. The molecule has 0 spiro atoms. The summed E-state index contributed by atoms with van der Waals surface area (Å²) >= 11 is 6.10. The van der Waals surface area contributed by atoms with E-state index in [-0.39, 0.29) is 6.04 Å². The van der Waals surface area contributed by atoms with Crippen LogP contribution in [0.2, 0.25) is 5.02 Å². The molecule has 3 heteroatoms. The van der Waals surface area contributed by atoms with Gasteiger partial charge in [0, 0.05) is 17.1 Å². The number of anilines is 1. The highest BCUT2D eigenvalue weighted by atomic mass is 35.5. The average Bonchev–Trinajstić information content (AvgIpc) is 2.76. The molecule has 0 saturated heterocycles. The highest BCUT2D eigenvalue weighted by Gasteiger charge is 2.19. The van der Waals surface area contributed by atoms with Gasteiger partial charge in [-0.3, -0.25) is 0 Å². The first-order valence-electron chi connectivity index (χ1n) is 10.3. The Labute approximate surface area is 183 Å². The zero-order chi connectivity index (χ0) is 21.1. The predicted molar refractivity (Wildman–Crippen MR) is 127 cm³/mol. The van der Waals surface area contributed by atoms with E-state index in [0.717, 1.165) is 22.2 Å². The van der Waals surface area contributed by atoms with E-state index in [0.29, 0.717) is 11.4 Å². The summed E-state index contributed by atoms with van der Waals surface area (Å²) in [7, 11) is 0. The predicted octanol–water partition coefficient (Wildman–Crippen LogP) is 7.39. The molecule has 4 aromatic carbocycles. The van der Waals surface area contributed by atoms with E-state index in [2.05, 4.69) is 61.6 Å². The Kier molecular flexibility index (Phi) is 6.08. The number of hydrogen-bond donors (Lipinski definition) is 2. The quantitative estimate of drug-likeness (QED) is 0.344. The molecule has 0 fully saturated rings. The van der Waals surface area contributed by atoms with E-state index in [4.69, 9.17) is 11.6 Å². The Hall–Kier alpha value is -2.81. The maximum Gasteiger partial charge on any atom is 0.0813 e. The maximum atomic E-state index is 11.1. The third-order valence-corrected chi connectivity index (χ3v) is 5.99. The Balaban J connectivity index is 1.62. The number of fused-ring (bicyclic) bond motifs is 1. The van der Waals surface area contributed by atoms with E-state index in [1.807, 2.05) is 42.5 Å². The summed E-state index contributed by atoms with van der Waals surface area (Å²) in [6, 6.07) is 28.5. The van der Waals surface area contributed by atoms with Crippen LogP contribution in [0.1, 0.15) is 40.8 Å². The van der Waals surface area contributed by atoms with Crippen LogP contribution in [0.15, 0.2) is 84.9 Å². The maximum absolute atomic E-state index is 11.1. The van der Waals surface area contributed by atoms with E-state index in [1.54, 1.807) is 0 Å². The van der Waals surface area contributed by atoms with Crippen LogP contribution in [0.25, 0.3) is 10.8 Å². The van der Waals surface area contributed by atoms with Crippen LogP contribution in [0.3, 0.4) is 0 Å². The smallest absolute Gasteiger partial charge is 0.0813 e. The molecule has 0 bridgehead atoms. The van der Waals surface area contributed by atoms with E-state index in [9.17, 15) is 5.11 Å². The Bertz CT molecular complexity index is 1150. The van der Waals surface area contributed by atoms with Gasteiger partial charge in [-0.2, -0.15) is 0 Å². The molecular formula is C27H26ClNO. The molecule has 0 amide bonds. The molecule has 0 saturated carbocycles. The second kappa shape index (κ2) is 8.91. The Morgan fingerprint density at radius 2 is 1.47 bits per heavy atom. The lowest BCUT2D eigenvalue weighted by atomic mass is 9.95. The van der Waals surface area contributed by atoms with Gasteiger partial charge in [-0.05, 0) is 77.2 Å². The van der Waals surface area contributed by atoms with Crippen molar-refractivity contribution in [3.63, 3.8) is 0 Å². The van der Waals surface area contributed by atoms with Gasteiger partial charge in [0.15, 0.2) is 0 Å². The molecule has 2 nitrogen and oxygen atoms in total. The van der Waals surface area contributed by atoms with Crippen molar-refractivity contribution >= 4 is 28.1 Å². The first-order valence-corrected chi connectivity index (χ1v) is 10.6. The van der Waals surface area contributed by atoms with Gasteiger partial charge >= 0.3 is 0 Å². The fraction of sp³-hybridized carbons (Fsp3) is 0.185. The molecule has 2 atom stereocenters. The van der Waals surface area contributed by atoms with Gasteiger partial charge in [-0.25, -0.2) is 0 Å². The number of aryl methyl sites for hydroxylation is 2. The molecule has 0 aliphatic heterocycles. The van der Waals surface area contributed by atoms with E-state index in [1.165, 1.54) is 16.5 Å². The van der Waals surface area contributed by atoms with E-state index >= 15 is 0 Å². The van der Waals surface area contributed by atoms with Gasteiger partial charge in [-0.15, -0.1) is 0 Å². The highest BCUT2D eigenvalue weighted by molar-refractivity contribution is 6.30. The second-order valence-electron chi connectivity index (χ2n) is 7.91. The first kappa shape index (κ1) is 20.5. The van der Waals surface area contributed by atoms with Gasteiger partial charge < -0.3 is 10.4 Å². The number of hydrogen-bond acceptors (Lipinski definition) is 2. The van der Waals surface area contributed by atoms with Crippen molar-refractivity contribution in [3.8, 4) is 0 Å². The summed E-state index contributed by atoms with van der Waals surface area (Å²) in [4.78, 5) is 0. The molecule has 2 N–H and O–H groups in total. The minimum Gasteiger partial charge on any atom is -0.388 e. The monoisotopic (exact) mass is 415 g/mol. The van der Waals surface area contributed by atoms with Crippen molar-refractivity contribution in [1.29, 1.82) is 0 Å². The summed E-state index contributed by atoms with van der Waals surface area (Å²) in [5.74, 6) is 0. The van der Waals surface area contributed by atoms with Crippen LogP contribution in [-0.2, 0) is 0 Å². The van der Waals surface area contributed by atoms with Crippen LogP contribution < -0.4 is 5.32 Å². The average molecular weight is 416 g/mol. The number of benzene rings is 4. The number of rotatable bonds is 6. The molecule has 0 heterocycles. The lowest BCUT2D eigenvalue weighted by molar-refractivity contribution is 0.161. The molecule has 152 valence electrons. The topological polar surface area (TPSA) is 32.3 Å². The van der Waals surface area contributed by atoms with Gasteiger partial charge in [0.25, 0.3) is 0 Å². The SMILES string of the molecule is Cc1ccc(NC(CC(O)c2ccc3ccccc3c2)c2ccc(Cl)cc2)cc1C. The summed E-state index contributed by atoms with van der Waals surface area (Å²) in [6.07, 6.45) is -0.0401. The van der Waals surface area contributed by atoms with Crippen molar-refractivity contribution in [2.24, 2.45) is 0 Å². The van der Waals surface area contributed by atoms with Crippen molar-refractivity contribution in [2.75, 3.05) is 5.32 Å². The standard InChI is InChI=1S/C27H26ClNO/c1-18-7-14-25(15-19(18)2)29-26(21-10-12-24(28)13-11-21)17-27(30)23-9-8-20-5-3-4-6-22(20)16-23/h3-16,26-27,29-30H,17H2,1-2H3. The number of aliphatic hydroxyl groups excluding tert-OH is 1. The van der Waals surface area contributed by atoms with Crippen molar-refractivity contribution in [2.45, 2.75) is 32.4 Å². The third-order valence-electron chi connectivity index (χ3n) is 5.74. The van der Waals surface area contributed by atoms with Crippen LogP contribution >= 0.6 is 11.6 Å². The summed E-state index contributed by atoms with van der Waals surface area (Å²) in [5, 5.41) is 17.7. The molecule has 4 rings (SSSR count). The number of nitrogens with one attached hydrogen (secondary N) is 1. The van der Waals surface area contributed by atoms with Gasteiger partial charge in [0.05, 0.1) is 12.1 Å². The van der Waals surface area contributed by atoms with Crippen molar-refractivity contribution in [3.05, 3.63) is 112 Å². The summed E-state index contributed by atoms with van der Waals surface area (Å²) < 4.78 is 0. The largest absolute Gasteiger partial charge is 0.388 e. The molecule has 0 aromatic heterocycles. The molecule has 2 unspecified atom stereocenters. The van der Waals surface area contributed by atoms with Gasteiger partial charge in [-0.1, -0.05) is 66.2 Å². The molecule has 4 aromatic rings. The first-order chi connectivity index (χ1) is 14.5. The number of aliphatic hydroxyl groups is 1. The highest BCUT2D eigenvalue weighted by Crippen LogP contribution is 2.32. The van der Waals surface area contributed by atoms with Gasteiger partial charge in [0.1, 0.15) is 0 Å². The normalized spacial score (nSPS) is 13.2. The van der Waals surface area contributed by atoms with Crippen molar-refractivity contribution in [1.82, 2.24) is 0 Å². The zero-order valence-electron chi connectivity index (χ0n) is 17.3. The summed E-state index contributed by atoms with van der Waals surface area (Å²) in [5.41, 5.74) is 5.57. The fourth-order valence-electron chi connectivity index (χ4n) is 3.78. The third kappa shape index (κ3) is 4.67. The molecule has 0 aliphatic carbocycles. The minimum atomic E-state index is -0.589. The zero-order valence-corrected chi connectivity index (χ0v) is 18.0. The van der Waals surface area contributed by atoms with Crippen LogP contribution in [0.5, 0.6) is 0 Å². The Morgan fingerprint density at radius 1 is 0.767 bits per heavy atom. The van der Waals surface area contributed by atoms with Crippen LogP contribution in [0.4, 0.5) is 5.69 Å². The molecule has 30 heavy (non-hydrogen) atoms. The lowest BCUT2D eigenvalue weighted by Crippen LogP contribution is -2.15. The van der Waals surface area contributed by atoms with E-state index < -0.39 is 6.10 Å². The molecule has 0 radical (unpaired) electrons.